The number of anilines is 3. The molecule has 0 fully saturated rings. The van der Waals surface area contributed by atoms with E-state index in [1.54, 1.807) is 4.57 Å². The quantitative estimate of drug-likeness (QED) is 0.241. The molecular weight excluding hydrogens is 452 g/mol. The summed E-state index contributed by atoms with van der Waals surface area (Å²) in [5, 5.41) is 3.30. The molecule has 168 valence electrons. The Morgan fingerprint density at radius 3 is 1.94 bits per heavy atom. The van der Waals surface area contributed by atoms with E-state index >= 15 is 0 Å². The lowest BCUT2D eigenvalue weighted by Crippen LogP contribution is -2.19. The molecule has 3 nitrogen and oxygen atoms in total. The first kappa shape index (κ1) is 21.2. The van der Waals surface area contributed by atoms with Crippen molar-refractivity contribution >= 4 is 50.3 Å². The summed E-state index contributed by atoms with van der Waals surface area (Å²) in [7, 11) is 0. The molecule has 1 heterocycles. The second kappa shape index (κ2) is 8.79. The van der Waals surface area contributed by atoms with Gasteiger partial charge in [0.05, 0.1) is 16.2 Å². The highest BCUT2D eigenvalue weighted by molar-refractivity contribution is 6.33. The van der Waals surface area contributed by atoms with Crippen LogP contribution in [0.1, 0.15) is 0 Å². The van der Waals surface area contributed by atoms with E-state index in [0.29, 0.717) is 10.4 Å². The van der Waals surface area contributed by atoms with E-state index in [2.05, 4.69) is 35.2 Å². The van der Waals surface area contributed by atoms with Gasteiger partial charge in [0.1, 0.15) is 0 Å². The highest BCUT2D eigenvalue weighted by Crippen LogP contribution is 2.40. The third-order valence-corrected chi connectivity index (χ3v) is 6.57. The Kier molecular flexibility index (Phi) is 5.32. The zero-order valence-corrected chi connectivity index (χ0v) is 19.6. The largest absolute Gasteiger partial charge is 0.309 e. The van der Waals surface area contributed by atoms with Crippen LogP contribution in [0.3, 0.4) is 0 Å². The zero-order chi connectivity index (χ0) is 23.8. The lowest BCUT2D eigenvalue weighted by molar-refractivity contribution is 1.06. The fourth-order valence-corrected chi connectivity index (χ4v) is 4.90. The first-order valence-corrected chi connectivity index (χ1v) is 11.8. The van der Waals surface area contributed by atoms with E-state index in [1.165, 1.54) is 0 Å². The van der Waals surface area contributed by atoms with Crippen molar-refractivity contribution in [1.29, 1.82) is 0 Å². The van der Waals surface area contributed by atoms with Crippen molar-refractivity contribution in [2.24, 2.45) is 0 Å². The molecule has 35 heavy (non-hydrogen) atoms. The highest BCUT2D eigenvalue weighted by atomic mass is 35.5. The number of fused-ring (bicyclic) bond motifs is 3. The molecule has 6 rings (SSSR count). The van der Waals surface area contributed by atoms with Gasteiger partial charge in [-0.15, -0.1) is 0 Å². The number of hydrogen-bond donors (Lipinski definition) is 0. The lowest BCUT2D eigenvalue weighted by atomic mass is 10.0. The molecule has 0 bridgehead atoms. The molecule has 0 aliphatic rings. The first-order valence-electron chi connectivity index (χ1n) is 11.4. The predicted molar refractivity (Wildman–Crippen MR) is 147 cm³/mol. The summed E-state index contributed by atoms with van der Waals surface area (Å²) in [4.78, 5) is 15.9. The maximum Gasteiger partial charge on any atom is 0.263 e. The first-order chi connectivity index (χ1) is 17.2. The van der Waals surface area contributed by atoms with E-state index in [1.807, 2.05) is 97.1 Å². The lowest BCUT2D eigenvalue weighted by Gasteiger charge is -2.27. The molecule has 0 radical (unpaired) electrons. The van der Waals surface area contributed by atoms with E-state index < -0.39 is 0 Å². The van der Waals surface area contributed by atoms with Gasteiger partial charge in [-0.2, -0.15) is 0 Å². The minimum Gasteiger partial charge on any atom is -0.309 e. The third-order valence-electron chi connectivity index (χ3n) is 6.25. The fourth-order valence-electron chi connectivity index (χ4n) is 4.68. The zero-order valence-electron chi connectivity index (χ0n) is 18.8. The average molecular weight is 473 g/mol. The van der Waals surface area contributed by atoms with Crippen molar-refractivity contribution in [3.8, 4) is 5.69 Å². The Bertz CT molecular complexity index is 1730. The second-order valence-corrected chi connectivity index (χ2v) is 8.75. The molecule has 0 saturated carbocycles. The van der Waals surface area contributed by atoms with Crippen LogP contribution in [0.25, 0.3) is 27.4 Å². The molecule has 0 N–H and O–H groups in total. The van der Waals surface area contributed by atoms with Crippen LogP contribution in [0.4, 0.5) is 17.1 Å². The van der Waals surface area contributed by atoms with Crippen molar-refractivity contribution in [3.63, 3.8) is 0 Å². The number of benzene rings is 5. The van der Waals surface area contributed by atoms with E-state index in [9.17, 15) is 4.79 Å². The van der Waals surface area contributed by atoms with Gasteiger partial charge < -0.3 is 4.90 Å². The number of halogens is 1. The van der Waals surface area contributed by atoms with E-state index in [4.69, 9.17) is 11.6 Å². The second-order valence-electron chi connectivity index (χ2n) is 8.35. The van der Waals surface area contributed by atoms with Gasteiger partial charge in [-0.25, -0.2) is 0 Å². The smallest absolute Gasteiger partial charge is 0.263 e. The number of para-hydroxylation sites is 3. The number of hydrogen-bond acceptors (Lipinski definition) is 2. The molecule has 5 aromatic carbocycles. The summed E-state index contributed by atoms with van der Waals surface area (Å²) in [6, 6.07) is 41.7. The van der Waals surface area contributed by atoms with Gasteiger partial charge in [0.15, 0.2) is 0 Å². The van der Waals surface area contributed by atoms with Crippen LogP contribution in [-0.4, -0.2) is 4.57 Å². The van der Waals surface area contributed by atoms with Gasteiger partial charge in [0.25, 0.3) is 5.56 Å². The molecule has 1 aromatic heterocycles. The molecule has 0 amide bonds. The Hall–Kier alpha value is -4.34. The summed E-state index contributed by atoms with van der Waals surface area (Å²) in [5.74, 6) is 0. The minimum atomic E-state index is -0.0412. The van der Waals surface area contributed by atoms with E-state index in [0.717, 1.165) is 39.0 Å². The molecular formula is C31H21ClN2O. The average Bonchev–Trinajstić information content (AvgIpc) is 2.91. The molecule has 0 aliphatic heterocycles. The standard InChI is InChI=1S/C31H21ClN2O/c32-28-17-9-10-18-29(28)33(22-11-3-1-4-12-22)24-19-20-26-25-15-7-8-16-27(25)31(35)34(30(26)21-24)23-13-5-2-6-14-23/h1-21H. The molecule has 6 aromatic rings. The Morgan fingerprint density at radius 2 is 1.20 bits per heavy atom. The van der Waals surface area contributed by atoms with Gasteiger partial charge >= 0.3 is 0 Å². The molecule has 0 unspecified atom stereocenters. The van der Waals surface area contributed by atoms with Gasteiger partial charge in [-0.05, 0) is 60.0 Å². The molecule has 4 heteroatoms. The van der Waals surface area contributed by atoms with Gasteiger partial charge in [-0.1, -0.05) is 84.4 Å². The van der Waals surface area contributed by atoms with Gasteiger partial charge in [-0.3, -0.25) is 9.36 Å². The van der Waals surface area contributed by atoms with Crippen LogP contribution in [0, 0.1) is 0 Å². The van der Waals surface area contributed by atoms with Crippen LogP contribution < -0.4 is 10.5 Å². The number of pyridine rings is 1. The topological polar surface area (TPSA) is 25.2 Å². The Balaban J connectivity index is 1.70. The predicted octanol–water partition coefficient (Wildman–Crippen LogP) is 8.27. The summed E-state index contributed by atoms with van der Waals surface area (Å²) in [5.41, 5.74) is 4.39. The Labute approximate surface area is 208 Å². The van der Waals surface area contributed by atoms with Crippen LogP contribution in [0.5, 0.6) is 0 Å². The maximum atomic E-state index is 13.7. The third kappa shape index (κ3) is 3.67. The van der Waals surface area contributed by atoms with Crippen molar-refractivity contribution < 1.29 is 0 Å². The number of nitrogens with zero attached hydrogens (tertiary/aromatic N) is 2. The van der Waals surface area contributed by atoms with Crippen molar-refractivity contribution in [3.05, 3.63) is 143 Å². The Morgan fingerprint density at radius 1 is 0.571 bits per heavy atom. The summed E-state index contributed by atoms with van der Waals surface area (Å²) >= 11 is 6.67. The van der Waals surface area contributed by atoms with Crippen LogP contribution in [0.2, 0.25) is 5.02 Å². The van der Waals surface area contributed by atoms with Gasteiger partial charge in [0, 0.05) is 27.8 Å². The molecule has 0 atom stereocenters. The number of aromatic nitrogens is 1. The summed E-state index contributed by atoms with van der Waals surface area (Å²) in [6.07, 6.45) is 0. The van der Waals surface area contributed by atoms with Crippen LogP contribution in [0.15, 0.2) is 132 Å². The van der Waals surface area contributed by atoms with E-state index in [-0.39, 0.29) is 5.56 Å². The SMILES string of the molecule is O=c1c2ccccc2c2ccc(N(c3ccccc3)c3ccccc3Cl)cc2n1-c1ccccc1. The molecule has 0 spiro atoms. The highest BCUT2D eigenvalue weighted by Gasteiger charge is 2.18. The van der Waals surface area contributed by atoms with Crippen molar-refractivity contribution in [2.45, 2.75) is 0 Å². The number of rotatable bonds is 4. The van der Waals surface area contributed by atoms with Crippen molar-refractivity contribution in [1.82, 2.24) is 4.57 Å². The summed E-state index contributed by atoms with van der Waals surface area (Å²) in [6.45, 7) is 0. The fraction of sp³-hybridized carbons (Fsp3) is 0. The maximum absolute atomic E-state index is 13.7. The van der Waals surface area contributed by atoms with Gasteiger partial charge in [0.2, 0.25) is 0 Å². The molecule has 0 aliphatic carbocycles. The molecule has 0 saturated heterocycles. The minimum absolute atomic E-state index is 0.0412. The summed E-state index contributed by atoms with van der Waals surface area (Å²) < 4.78 is 1.80. The monoisotopic (exact) mass is 472 g/mol. The van der Waals surface area contributed by atoms with Crippen LogP contribution >= 0.6 is 11.6 Å². The van der Waals surface area contributed by atoms with Crippen molar-refractivity contribution in [2.75, 3.05) is 4.90 Å². The van der Waals surface area contributed by atoms with Crippen LogP contribution in [-0.2, 0) is 0 Å². The normalized spacial score (nSPS) is 11.1.